The summed E-state index contributed by atoms with van der Waals surface area (Å²) in [7, 11) is 1.62. The van der Waals surface area contributed by atoms with Crippen molar-refractivity contribution in [3.63, 3.8) is 0 Å². The van der Waals surface area contributed by atoms with Gasteiger partial charge >= 0.3 is 5.97 Å². The number of morpholine rings is 1. The van der Waals surface area contributed by atoms with Gasteiger partial charge < -0.3 is 19.5 Å². The average molecular weight is 451 g/mol. The highest BCUT2D eigenvalue weighted by atomic mass is 16.5. The Kier molecular flexibility index (Phi) is 7.24. The summed E-state index contributed by atoms with van der Waals surface area (Å²) in [6, 6.07) is 14.1. The lowest BCUT2D eigenvalue weighted by Crippen LogP contribution is -2.44. The second-order valence-electron chi connectivity index (χ2n) is 8.26. The lowest BCUT2D eigenvalue weighted by atomic mass is 10.1. The van der Waals surface area contributed by atoms with Crippen molar-refractivity contribution < 1.29 is 19.0 Å². The predicted molar refractivity (Wildman–Crippen MR) is 127 cm³/mol. The Morgan fingerprint density at radius 3 is 2.79 bits per heavy atom. The van der Waals surface area contributed by atoms with E-state index in [1.165, 1.54) is 5.56 Å². The van der Waals surface area contributed by atoms with Gasteiger partial charge in [-0.3, -0.25) is 9.69 Å². The molecule has 8 nitrogen and oxygen atoms in total. The van der Waals surface area contributed by atoms with Crippen LogP contribution in [0.2, 0.25) is 0 Å². The van der Waals surface area contributed by atoms with Crippen LogP contribution in [0.3, 0.4) is 0 Å². The lowest BCUT2D eigenvalue weighted by molar-refractivity contribution is -0.157. The average Bonchev–Trinajstić information content (AvgIpc) is 2.81. The number of hydrogen-bond acceptors (Lipinski definition) is 8. The van der Waals surface area contributed by atoms with E-state index in [-0.39, 0.29) is 18.1 Å². The fourth-order valence-corrected chi connectivity index (χ4v) is 4.03. The van der Waals surface area contributed by atoms with Crippen LogP contribution in [0.5, 0.6) is 11.5 Å². The van der Waals surface area contributed by atoms with E-state index in [9.17, 15) is 4.79 Å². The van der Waals surface area contributed by atoms with Crippen molar-refractivity contribution in [3.8, 4) is 11.5 Å². The van der Waals surface area contributed by atoms with Crippen molar-refractivity contribution in [2.75, 3.05) is 38.7 Å². The monoisotopic (exact) mass is 450 g/mol. The van der Waals surface area contributed by atoms with Crippen molar-refractivity contribution in [2.24, 2.45) is 0 Å². The molecular weight excluding hydrogens is 420 g/mol. The standard InChI is InChI=1S/C25H30N4O4/c1-17-14-29(15-24(30)33-17)10-7-11-32-23-12-20-21(13-22(23)31-3)26-16-27-25(20)28-18(2)19-8-5-4-6-9-19/h4-6,8-9,12-13,16-18H,7,10-11,14-15H2,1-3H3,(H,26,27,28)/t17-,18+/m0/s1. The highest BCUT2D eigenvalue weighted by Crippen LogP contribution is 2.35. The van der Waals surface area contributed by atoms with Gasteiger partial charge in [0.15, 0.2) is 11.5 Å². The molecule has 0 saturated carbocycles. The maximum Gasteiger partial charge on any atom is 0.320 e. The number of hydrogen-bond donors (Lipinski definition) is 1. The molecule has 2 heterocycles. The zero-order valence-electron chi connectivity index (χ0n) is 19.3. The van der Waals surface area contributed by atoms with E-state index in [2.05, 4.69) is 39.2 Å². The van der Waals surface area contributed by atoms with Crippen LogP contribution in [0.4, 0.5) is 5.82 Å². The third-order valence-electron chi connectivity index (χ3n) is 5.65. The van der Waals surface area contributed by atoms with Crippen LogP contribution in [-0.4, -0.2) is 60.3 Å². The van der Waals surface area contributed by atoms with Crippen LogP contribution in [0, 0.1) is 0 Å². The van der Waals surface area contributed by atoms with Gasteiger partial charge in [-0.15, -0.1) is 0 Å². The smallest absolute Gasteiger partial charge is 0.320 e. The van der Waals surface area contributed by atoms with Crippen LogP contribution >= 0.6 is 0 Å². The summed E-state index contributed by atoms with van der Waals surface area (Å²) in [6.45, 7) is 6.35. The topological polar surface area (TPSA) is 85.8 Å². The summed E-state index contributed by atoms with van der Waals surface area (Å²) in [5.41, 5.74) is 1.95. The molecule has 8 heteroatoms. The predicted octanol–water partition coefficient (Wildman–Crippen LogP) is 3.83. The van der Waals surface area contributed by atoms with E-state index >= 15 is 0 Å². The minimum Gasteiger partial charge on any atom is -0.493 e. The molecule has 0 radical (unpaired) electrons. The summed E-state index contributed by atoms with van der Waals surface area (Å²) >= 11 is 0. The second-order valence-corrected chi connectivity index (χ2v) is 8.26. The van der Waals surface area contributed by atoms with Gasteiger partial charge in [0.05, 0.1) is 25.8 Å². The summed E-state index contributed by atoms with van der Waals surface area (Å²) in [6.07, 6.45) is 2.26. The lowest BCUT2D eigenvalue weighted by Gasteiger charge is -2.30. The molecule has 174 valence electrons. The summed E-state index contributed by atoms with van der Waals surface area (Å²) in [4.78, 5) is 22.6. The number of anilines is 1. The van der Waals surface area contributed by atoms with Gasteiger partial charge in [0.2, 0.25) is 0 Å². The first-order valence-corrected chi connectivity index (χ1v) is 11.2. The number of fused-ring (bicyclic) bond motifs is 1. The molecule has 4 rings (SSSR count). The zero-order chi connectivity index (χ0) is 23.2. The normalized spacial score (nSPS) is 17.4. The number of aromatic nitrogens is 2. The molecule has 0 unspecified atom stereocenters. The van der Waals surface area contributed by atoms with Gasteiger partial charge in [-0.1, -0.05) is 30.3 Å². The van der Waals surface area contributed by atoms with Crippen molar-refractivity contribution in [1.82, 2.24) is 14.9 Å². The van der Waals surface area contributed by atoms with E-state index in [1.807, 2.05) is 37.3 Å². The van der Waals surface area contributed by atoms with E-state index in [0.29, 0.717) is 24.7 Å². The molecule has 1 saturated heterocycles. The fourth-order valence-electron chi connectivity index (χ4n) is 4.03. The Labute approximate surface area is 193 Å². The molecule has 0 aliphatic carbocycles. The van der Waals surface area contributed by atoms with Crippen LogP contribution in [0.25, 0.3) is 10.9 Å². The molecule has 0 spiro atoms. The van der Waals surface area contributed by atoms with Crippen LogP contribution in [-0.2, 0) is 9.53 Å². The summed E-state index contributed by atoms with van der Waals surface area (Å²) < 4.78 is 16.8. The third-order valence-corrected chi connectivity index (χ3v) is 5.65. The summed E-state index contributed by atoms with van der Waals surface area (Å²) in [5, 5.41) is 4.35. The van der Waals surface area contributed by atoms with E-state index < -0.39 is 0 Å². The van der Waals surface area contributed by atoms with Crippen LogP contribution < -0.4 is 14.8 Å². The fraction of sp³-hybridized carbons (Fsp3) is 0.400. The number of methoxy groups -OCH3 is 1. The number of esters is 1. The summed E-state index contributed by atoms with van der Waals surface area (Å²) in [5.74, 6) is 1.83. The molecule has 3 aromatic rings. The van der Waals surface area contributed by atoms with Gasteiger partial charge in [0.25, 0.3) is 0 Å². The Morgan fingerprint density at radius 2 is 2.03 bits per heavy atom. The first-order chi connectivity index (χ1) is 16.0. The van der Waals surface area contributed by atoms with E-state index in [1.54, 1.807) is 13.4 Å². The molecule has 0 bridgehead atoms. The minimum absolute atomic E-state index is 0.0723. The maximum atomic E-state index is 11.6. The first kappa shape index (κ1) is 22.8. The minimum atomic E-state index is -0.171. The Balaban J connectivity index is 1.46. The number of cyclic esters (lactones) is 1. The number of benzene rings is 2. The molecule has 1 aliphatic heterocycles. The zero-order valence-corrected chi connectivity index (χ0v) is 19.3. The molecule has 1 fully saturated rings. The molecule has 33 heavy (non-hydrogen) atoms. The SMILES string of the molecule is COc1cc2ncnc(N[C@H](C)c3ccccc3)c2cc1OCCCN1CC(=O)O[C@@H](C)C1. The quantitative estimate of drug-likeness (QED) is 0.389. The number of nitrogens with one attached hydrogen (secondary N) is 1. The van der Waals surface area contributed by atoms with Crippen molar-refractivity contribution >= 4 is 22.7 Å². The molecule has 1 aromatic heterocycles. The third kappa shape index (κ3) is 5.70. The van der Waals surface area contributed by atoms with Gasteiger partial charge in [0.1, 0.15) is 18.2 Å². The van der Waals surface area contributed by atoms with Gasteiger partial charge in [0, 0.05) is 30.6 Å². The van der Waals surface area contributed by atoms with Gasteiger partial charge in [-0.25, -0.2) is 9.97 Å². The highest BCUT2D eigenvalue weighted by Gasteiger charge is 2.23. The van der Waals surface area contributed by atoms with Crippen molar-refractivity contribution in [2.45, 2.75) is 32.4 Å². The number of carbonyl (C=O) groups excluding carboxylic acids is 1. The molecule has 2 aromatic carbocycles. The number of carbonyl (C=O) groups is 1. The number of nitrogens with zero attached hydrogens (tertiary/aromatic N) is 3. The molecule has 1 aliphatic rings. The van der Waals surface area contributed by atoms with E-state index in [4.69, 9.17) is 14.2 Å². The van der Waals surface area contributed by atoms with Crippen molar-refractivity contribution in [3.05, 3.63) is 54.4 Å². The molecule has 0 amide bonds. The molecule has 2 atom stereocenters. The van der Waals surface area contributed by atoms with Crippen LogP contribution in [0.1, 0.15) is 31.9 Å². The Hall–Kier alpha value is -3.39. The molecule has 1 N–H and O–H groups in total. The van der Waals surface area contributed by atoms with E-state index in [0.717, 1.165) is 36.2 Å². The second kappa shape index (κ2) is 10.5. The van der Waals surface area contributed by atoms with Gasteiger partial charge in [-0.05, 0) is 31.9 Å². The number of ether oxygens (including phenoxy) is 3. The maximum absolute atomic E-state index is 11.6. The van der Waals surface area contributed by atoms with Crippen molar-refractivity contribution in [1.29, 1.82) is 0 Å². The highest BCUT2D eigenvalue weighted by molar-refractivity contribution is 5.91. The Morgan fingerprint density at radius 1 is 1.21 bits per heavy atom. The van der Waals surface area contributed by atoms with Crippen LogP contribution in [0.15, 0.2) is 48.8 Å². The number of rotatable bonds is 9. The largest absolute Gasteiger partial charge is 0.493 e. The molecular formula is C25H30N4O4. The Bertz CT molecular complexity index is 1090. The first-order valence-electron chi connectivity index (χ1n) is 11.2. The van der Waals surface area contributed by atoms with Gasteiger partial charge in [-0.2, -0.15) is 0 Å².